The van der Waals surface area contributed by atoms with E-state index < -0.39 is 0 Å². The highest BCUT2D eigenvalue weighted by Gasteiger charge is 2.13. The van der Waals surface area contributed by atoms with E-state index in [2.05, 4.69) is 15.3 Å². The lowest BCUT2D eigenvalue weighted by Gasteiger charge is -2.03. The Morgan fingerprint density at radius 1 is 0.906 bits per heavy atom. The number of hydrogen-bond donors (Lipinski definition) is 1. The summed E-state index contributed by atoms with van der Waals surface area (Å²) in [5, 5.41) is 17.1. The number of nitrogens with zero attached hydrogens (tertiary/aromatic N) is 5. The van der Waals surface area contributed by atoms with Gasteiger partial charge in [0.15, 0.2) is 5.82 Å². The highest BCUT2D eigenvalue weighted by molar-refractivity contribution is 7.71. The van der Waals surface area contributed by atoms with Crippen LogP contribution >= 0.6 is 23.8 Å². The van der Waals surface area contributed by atoms with Gasteiger partial charge in [0, 0.05) is 22.9 Å². The molecular weight excluding hydrogens is 440 g/mol. The first-order valence-corrected chi connectivity index (χ1v) is 10.7. The summed E-state index contributed by atoms with van der Waals surface area (Å²) in [7, 11) is 0. The second-order valence-electron chi connectivity index (χ2n) is 6.97. The smallest absolute Gasteiger partial charge is 0.216 e. The van der Waals surface area contributed by atoms with E-state index in [1.807, 2.05) is 89.7 Å². The Hall–Kier alpha value is -3.81. The largest absolute Gasteiger partial charge is 0.250 e. The number of H-pyrrole nitrogens is 1. The average Bonchev–Trinajstić information content (AvgIpc) is 3.43. The predicted octanol–water partition coefficient (Wildman–Crippen LogP) is 6.00. The summed E-state index contributed by atoms with van der Waals surface area (Å²) in [6.07, 6.45) is 3.68. The van der Waals surface area contributed by atoms with Gasteiger partial charge < -0.3 is 0 Å². The van der Waals surface area contributed by atoms with Crippen molar-refractivity contribution in [2.24, 2.45) is 5.10 Å². The second kappa shape index (κ2) is 8.74. The Balaban J connectivity index is 1.61. The zero-order chi connectivity index (χ0) is 21.9. The minimum Gasteiger partial charge on any atom is -0.250 e. The third-order valence-corrected chi connectivity index (χ3v) is 5.48. The predicted molar refractivity (Wildman–Crippen MR) is 130 cm³/mol. The maximum atomic E-state index is 6.37. The topological polar surface area (TPSA) is 63.8 Å². The Labute approximate surface area is 194 Å². The molecule has 6 nitrogen and oxygen atoms in total. The van der Waals surface area contributed by atoms with E-state index in [-0.39, 0.29) is 0 Å². The van der Waals surface area contributed by atoms with Gasteiger partial charge >= 0.3 is 0 Å². The molecule has 2 aromatic heterocycles. The normalized spacial score (nSPS) is 11.3. The minimum absolute atomic E-state index is 0.368. The fraction of sp³-hybridized carbons (Fsp3) is 0. The van der Waals surface area contributed by atoms with E-state index in [1.54, 1.807) is 17.0 Å². The molecule has 5 aromatic rings. The van der Waals surface area contributed by atoms with Crippen molar-refractivity contribution in [3.63, 3.8) is 0 Å². The van der Waals surface area contributed by atoms with Crippen molar-refractivity contribution in [3.8, 4) is 28.3 Å². The van der Waals surface area contributed by atoms with Crippen molar-refractivity contribution in [1.82, 2.24) is 24.7 Å². The van der Waals surface area contributed by atoms with Crippen molar-refractivity contribution in [2.75, 3.05) is 0 Å². The van der Waals surface area contributed by atoms with Crippen LogP contribution in [0.25, 0.3) is 28.3 Å². The molecule has 1 N–H and O–H groups in total. The molecule has 0 aliphatic carbocycles. The number of hydrogen-bond acceptors (Lipinski definition) is 4. The number of aromatic nitrogens is 5. The fourth-order valence-electron chi connectivity index (χ4n) is 3.35. The van der Waals surface area contributed by atoms with Gasteiger partial charge in [-0.3, -0.25) is 0 Å². The zero-order valence-corrected chi connectivity index (χ0v) is 18.3. The van der Waals surface area contributed by atoms with E-state index in [4.69, 9.17) is 28.9 Å². The molecule has 0 fully saturated rings. The molecule has 0 atom stereocenters. The van der Waals surface area contributed by atoms with E-state index in [1.165, 1.54) is 0 Å². The Morgan fingerprint density at radius 3 is 2.34 bits per heavy atom. The number of aromatic amines is 1. The van der Waals surface area contributed by atoms with Crippen LogP contribution in [0.4, 0.5) is 0 Å². The summed E-state index contributed by atoms with van der Waals surface area (Å²) in [6, 6.07) is 27.4. The average molecular weight is 457 g/mol. The zero-order valence-electron chi connectivity index (χ0n) is 16.8. The van der Waals surface area contributed by atoms with Crippen molar-refractivity contribution in [1.29, 1.82) is 0 Å². The van der Waals surface area contributed by atoms with Gasteiger partial charge in [-0.1, -0.05) is 72.3 Å². The number of para-hydroxylation sites is 1. The maximum absolute atomic E-state index is 6.37. The molecule has 0 spiro atoms. The van der Waals surface area contributed by atoms with Gasteiger partial charge in [0.25, 0.3) is 0 Å². The first-order chi connectivity index (χ1) is 15.7. The molecule has 0 unspecified atom stereocenters. The third-order valence-electron chi connectivity index (χ3n) is 4.89. The summed E-state index contributed by atoms with van der Waals surface area (Å²) in [5.41, 5.74) is 4.34. The monoisotopic (exact) mass is 456 g/mol. The van der Waals surface area contributed by atoms with Gasteiger partial charge in [-0.25, -0.2) is 9.78 Å². The number of nitrogens with one attached hydrogen (secondary N) is 1. The highest BCUT2D eigenvalue weighted by atomic mass is 35.5. The van der Waals surface area contributed by atoms with E-state index in [0.29, 0.717) is 15.6 Å². The van der Waals surface area contributed by atoms with Crippen molar-refractivity contribution in [3.05, 3.63) is 106 Å². The lowest BCUT2D eigenvalue weighted by Crippen LogP contribution is -1.96. The summed E-state index contributed by atoms with van der Waals surface area (Å²) < 4.78 is 3.77. The molecule has 2 heterocycles. The maximum Gasteiger partial charge on any atom is 0.216 e. The molecule has 0 aliphatic heterocycles. The van der Waals surface area contributed by atoms with Gasteiger partial charge in [0.05, 0.1) is 16.9 Å². The van der Waals surface area contributed by atoms with Crippen LogP contribution in [-0.4, -0.2) is 30.9 Å². The highest BCUT2D eigenvalue weighted by Crippen LogP contribution is 2.26. The summed E-state index contributed by atoms with van der Waals surface area (Å²) in [5.74, 6) is 0.536. The minimum atomic E-state index is 0.368. The molecule has 0 saturated carbocycles. The first-order valence-electron chi connectivity index (χ1n) is 9.88. The molecule has 0 radical (unpaired) electrons. The lowest BCUT2D eigenvalue weighted by molar-refractivity contribution is 0.871. The van der Waals surface area contributed by atoms with Crippen molar-refractivity contribution in [2.45, 2.75) is 0 Å². The molecule has 0 aliphatic rings. The summed E-state index contributed by atoms with van der Waals surface area (Å²) >= 11 is 11.8. The van der Waals surface area contributed by atoms with Crippen molar-refractivity contribution >= 4 is 30.0 Å². The number of halogens is 1. The van der Waals surface area contributed by atoms with Crippen molar-refractivity contribution < 1.29 is 0 Å². The van der Waals surface area contributed by atoms with Crippen LogP contribution in [0.15, 0.2) is 96.2 Å². The van der Waals surface area contributed by atoms with Crippen LogP contribution < -0.4 is 0 Å². The standard InChI is InChI=1S/C24H17ClN6S/c25-21-14-8-7-13-20(21)23-27-28-24(32)31(23)26-15-18-16-30(19-11-5-2-6-12-19)29-22(18)17-9-3-1-4-10-17/h1-16H,(H,28,32). The second-order valence-corrected chi connectivity index (χ2v) is 7.76. The molecule has 156 valence electrons. The molecule has 0 amide bonds. The molecule has 32 heavy (non-hydrogen) atoms. The molecule has 0 bridgehead atoms. The van der Waals surface area contributed by atoms with Crippen LogP contribution in [0.2, 0.25) is 5.02 Å². The van der Waals surface area contributed by atoms with E-state index >= 15 is 0 Å². The van der Waals surface area contributed by atoms with Crippen LogP contribution in [0.1, 0.15) is 5.56 Å². The SMILES string of the molecule is S=c1[nH]nc(-c2ccccc2Cl)n1N=Cc1cn(-c2ccccc2)nc1-c1ccccc1. The lowest BCUT2D eigenvalue weighted by atomic mass is 10.1. The molecule has 3 aromatic carbocycles. The van der Waals surface area contributed by atoms with Crippen LogP contribution in [0.5, 0.6) is 0 Å². The molecular formula is C24H17ClN6S. The summed E-state index contributed by atoms with van der Waals surface area (Å²) in [4.78, 5) is 0. The van der Waals surface area contributed by atoms with E-state index in [0.717, 1.165) is 28.1 Å². The molecule has 8 heteroatoms. The van der Waals surface area contributed by atoms with Gasteiger partial charge in [-0.2, -0.15) is 20.0 Å². The Bertz CT molecular complexity index is 1450. The fourth-order valence-corrected chi connectivity index (χ4v) is 3.75. The summed E-state index contributed by atoms with van der Waals surface area (Å²) in [6.45, 7) is 0. The first kappa shape index (κ1) is 20.1. The third kappa shape index (κ3) is 3.91. The van der Waals surface area contributed by atoms with Gasteiger partial charge in [0.2, 0.25) is 4.77 Å². The Kier molecular flexibility index (Phi) is 5.49. The number of rotatable bonds is 5. The Morgan fingerprint density at radius 2 is 1.59 bits per heavy atom. The van der Waals surface area contributed by atoms with Crippen LogP contribution in [0, 0.1) is 4.77 Å². The quantitative estimate of drug-likeness (QED) is 0.261. The molecule has 0 saturated heterocycles. The van der Waals surface area contributed by atoms with E-state index in [9.17, 15) is 0 Å². The van der Waals surface area contributed by atoms with Crippen LogP contribution in [-0.2, 0) is 0 Å². The number of benzene rings is 3. The van der Waals surface area contributed by atoms with Gasteiger partial charge in [-0.15, -0.1) is 0 Å². The van der Waals surface area contributed by atoms with Gasteiger partial charge in [-0.05, 0) is 36.5 Å². The van der Waals surface area contributed by atoms with Crippen LogP contribution in [0.3, 0.4) is 0 Å². The molecule has 5 rings (SSSR count). The van der Waals surface area contributed by atoms with Gasteiger partial charge in [0.1, 0.15) is 5.69 Å².